The highest BCUT2D eigenvalue weighted by molar-refractivity contribution is 7.07. The van der Waals surface area contributed by atoms with Crippen molar-refractivity contribution in [2.45, 2.75) is 12.5 Å². The van der Waals surface area contributed by atoms with Crippen LogP contribution in [0.25, 0.3) is 11.1 Å². The average Bonchev–Trinajstić information content (AvgIpc) is 3.38. The van der Waals surface area contributed by atoms with E-state index < -0.39 is 0 Å². The fourth-order valence-corrected chi connectivity index (χ4v) is 4.14. The number of amides is 1. The van der Waals surface area contributed by atoms with Gasteiger partial charge in [-0.3, -0.25) is 9.78 Å². The molecule has 31 heavy (non-hydrogen) atoms. The molecule has 6 heteroatoms. The molecule has 2 aromatic heterocycles. The number of pyridine rings is 1. The number of carbonyl (C=O) groups excluding carboxylic acids is 1. The van der Waals surface area contributed by atoms with E-state index in [2.05, 4.69) is 22.1 Å². The highest BCUT2D eigenvalue weighted by Gasteiger charge is 2.28. The van der Waals surface area contributed by atoms with Gasteiger partial charge in [0.05, 0.1) is 5.51 Å². The van der Waals surface area contributed by atoms with E-state index in [1.807, 2.05) is 79.0 Å². The summed E-state index contributed by atoms with van der Waals surface area (Å²) in [4.78, 5) is 25.9. The van der Waals surface area contributed by atoms with Crippen molar-refractivity contribution >= 4 is 28.7 Å². The molecule has 0 bridgehead atoms. The van der Waals surface area contributed by atoms with Crippen LogP contribution in [0.2, 0.25) is 0 Å². The number of benzene rings is 2. The maximum absolute atomic E-state index is 13.7. The number of nitrogens with zero attached hydrogens (tertiary/aromatic N) is 4. The van der Waals surface area contributed by atoms with Crippen LogP contribution in [0.3, 0.4) is 0 Å². The summed E-state index contributed by atoms with van der Waals surface area (Å²) in [5, 5.41) is 1.97. The lowest BCUT2D eigenvalue weighted by Crippen LogP contribution is -2.47. The van der Waals surface area contributed by atoms with E-state index in [0.29, 0.717) is 6.42 Å². The van der Waals surface area contributed by atoms with Crippen LogP contribution in [0.15, 0.2) is 90.0 Å². The number of carbonyl (C=O) groups is 1. The maximum Gasteiger partial charge on any atom is 0.249 e. The third kappa shape index (κ3) is 4.81. The largest absolute Gasteiger partial charge is 0.347 e. The Balaban J connectivity index is 1.63. The van der Waals surface area contributed by atoms with Crippen LogP contribution in [-0.2, 0) is 11.2 Å². The van der Waals surface area contributed by atoms with Crippen LogP contribution in [0.5, 0.6) is 0 Å². The molecule has 0 aliphatic rings. The Kier molecular flexibility index (Phi) is 6.38. The zero-order chi connectivity index (χ0) is 21.6. The number of hydrogen-bond acceptors (Lipinski definition) is 5. The molecule has 0 N–H and O–H groups in total. The van der Waals surface area contributed by atoms with Crippen molar-refractivity contribution in [3.63, 3.8) is 0 Å². The smallest absolute Gasteiger partial charge is 0.249 e. The second-order valence-electron chi connectivity index (χ2n) is 7.35. The molecule has 0 aliphatic heterocycles. The molecule has 1 atom stereocenters. The molecule has 2 aromatic carbocycles. The molecule has 0 radical (unpaired) electrons. The Hall–Kier alpha value is -3.51. The minimum Gasteiger partial charge on any atom is -0.347 e. The lowest BCUT2D eigenvalue weighted by molar-refractivity contribution is -0.119. The molecule has 0 fully saturated rings. The molecule has 5 nitrogen and oxygen atoms in total. The molecule has 156 valence electrons. The van der Waals surface area contributed by atoms with Crippen LogP contribution < -0.4 is 9.80 Å². The lowest BCUT2D eigenvalue weighted by atomic mass is 10.0. The third-order valence-corrected chi connectivity index (χ3v) is 5.96. The van der Waals surface area contributed by atoms with Gasteiger partial charge in [0.2, 0.25) is 5.91 Å². The number of anilines is 2. The van der Waals surface area contributed by atoms with Crippen LogP contribution in [0, 0.1) is 0 Å². The number of aromatic nitrogens is 2. The van der Waals surface area contributed by atoms with Crippen molar-refractivity contribution < 1.29 is 4.79 Å². The van der Waals surface area contributed by atoms with E-state index in [0.717, 1.165) is 28.2 Å². The van der Waals surface area contributed by atoms with Crippen molar-refractivity contribution in [1.82, 2.24) is 9.97 Å². The molecule has 4 rings (SSSR count). The topological polar surface area (TPSA) is 49.3 Å². The van der Waals surface area contributed by atoms with Crippen LogP contribution in [-0.4, -0.2) is 36.0 Å². The minimum atomic E-state index is -0.376. The second-order valence-corrected chi connectivity index (χ2v) is 8.07. The molecule has 0 spiro atoms. The molecule has 1 amide bonds. The Labute approximate surface area is 186 Å². The summed E-state index contributed by atoms with van der Waals surface area (Å²) >= 11 is 1.52. The zero-order valence-electron chi connectivity index (χ0n) is 17.6. The number of hydrogen-bond donors (Lipinski definition) is 0. The fraction of sp³-hybridized carbons (Fsp3) is 0.160. The zero-order valence-corrected chi connectivity index (χ0v) is 18.4. The van der Waals surface area contributed by atoms with Gasteiger partial charge in [-0.1, -0.05) is 42.5 Å². The Morgan fingerprint density at radius 2 is 1.74 bits per heavy atom. The summed E-state index contributed by atoms with van der Waals surface area (Å²) in [6.45, 7) is 0. The number of thiazole rings is 1. The first-order valence-electron chi connectivity index (χ1n) is 10.1. The first-order chi connectivity index (χ1) is 15.1. The van der Waals surface area contributed by atoms with Gasteiger partial charge < -0.3 is 9.80 Å². The molecular formula is C25H24N4OS. The van der Waals surface area contributed by atoms with Gasteiger partial charge in [-0.2, -0.15) is 0 Å². The van der Waals surface area contributed by atoms with E-state index in [9.17, 15) is 4.79 Å². The SMILES string of the molecule is CN(C(=O)[C@H](Cc1ccccc1)N(C)c1cscn1)c1cccc(-c2ccncc2)c1. The van der Waals surface area contributed by atoms with Crippen LogP contribution in [0.1, 0.15) is 5.56 Å². The first-order valence-corrected chi connectivity index (χ1v) is 11.0. The summed E-state index contributed by atoms with van der Waals surface area (Å²) in [6.07, 6.45) is 4.15. The van der Waals surface area contributed by atoms with Gasteiger partial charge in [-0.25, -0.2) is 4.98 Å². The van der Waals surface area contributed by atoms with Gasteiger partial charge in [-0.15, -0.1) is 11.3 Å². The summed E-state index contributed by atoms with van der Waals surface area (Å²) in [5.41, 5.74) is 5.87. The van der Waals surface area contributed by atoms with Gasteiger partial charge in [-0.05, 0) is 41.0 Å². The van der Waals surface area contributed by atoms with Gasteiger partial charge in [0.1, 0.15) is 11.9 Å². The predicted octanol–water partition coefficient (Wildman–Crippen LogP) is 4.92. The van der Waals surface area contributed by atoms with Gasteiger partial charge >= 0.3 is 0 Å². The summed E-state index contributed by atoms with van der Waals surface area (Å²) in [5.74, 6) is 0.824. The summed E-state index contributed by atoms with van der Waals surface area (Å²) in [6, 6.07) is 21.7. The average molecular weight is 429 g/mol. The van der Waals surface area contributed by atoms with Crippen molar-refractivity contribution in [2.75, 3.05) is 23.9 Å². The second kappa shape index (κ2) is 9.53. The Morgan fingerprint density at radius 1 is 0.968 bits per heavy atom. The van der Waals surface area contributed by atoms with Crippen LogP contribution in [0.4, 0.5) is 11.5 Å². The maximum atomic E-state index is 13.7. The minimum absolute atomic E-state index is 0.0197. The lowest BCUT2D eigenvalue weighted by Gasteiger charge is -2.31. The first kappa shape index (κ1) is 20.8. The van der Waals surface area contributed by atoms with E-state index >= 15 is 0 Å². The van der Waals surface area contributed by atoms with Crippen molar-refractivity contribution in [1.29, 1.82) is 0 Å². The molecule has 0 saturated heterocycles. The Morgan fingerprint density at radius 3 is 2.45 bits per heavy atom. The normalized spacial score (nSPS) is 11.7. The van der Waals surface area contributed by atoms with Crippen molar-refractivity contribution in [3.05, 3.63) is 95.6 Å². The van der Waals surface area contributed by atoms with Crippen molar-refractivity contribution in [3.8, 4) is 11.1 Å². The quantitative estimate of drug-likeness (QED) is 0.419. The number of likely N-dealkylation sites (N-methyl/N-ethyl adjacent to an activating group) is 2. The predicted molar refractivity (Wildman–Crippen MR) is 128 cm³/mol. The summed E-state index contributed by atoms with van der Waals surface area (Å²) in [7, 11) is 3.77. The van der Waals surface area contributed by atoms with E-state index in [4.69, 9.17) is 0 Å². The third-order valence-electron chi connectivity index (χ3n) is 5.38. The monoisotopic (exact) mass is 428 g/mol. The van der Waals surface area contributed by atoms with Crippen LogP contribution >= 0.6 is 11.3 Å². The van der Waals surface area contributed by atoms with E-state index in [-0.39, 0.29) is 11.9 Å². The van der Waals surface area contributed by atoms with Crippen molar-refractivity contribution in [2.24, 2.45) is 0 Å². The Bertz CT molecular complexity index is 1120. The standard InChI is InChI=1S/C25H24N4OS/c1-28(22-10-6-9-21(16-22)20-11-13-26-14-12-20)25(30)23(15-19-7-4-3-5-8-19)29(2)24-17-31-18-27-24/h3-14,16-18,23H,15H2,1-2H3/t23-/m0/s1. The molecule has 4 aromatic rings. The number of rotatable bonds is 7. The van der Waals surface area contributed by atoms with Gasteiger partial charge in [0.15, 0.2) is 0 Å². The molecule has 0 aliphatic carbocycles. The molecule has 0 unspecified atom stereocenters. The molecule has 2 heterocycles. The van der Waals surface area contributed by atoms with Gasteiger partial charge in [0.25, 0.3) is 0 Å². The molecule has 0 saturated carbocycles. The highest BCUT2D eigenvalue weighted by Crippen LogP contribution is 2.26. The highest BCUT2D eigenvalue weighted by atomic mass is 32.1. The van der Waals surface area contributed by atoms with E-state index in [1.54, 1.807) is 22.8 Å². The molecular weight excluding hydrogens is 404 g/mol. The summed E-state index contributed by atoms with van der Waals surface area (Å²) < 4.78 is 0. The van der Waals surface area contributed by atoms with E-state index in [1.165, 1.54) is 11.3 Å². The fourth-order valence-electron chi connectivity index (χ4n) is 3.56. The van der Waals surface area contributed by atoms with Gasteiger partial charge in [0, 0.05) is 44.0 Å².